The van der Waals surface area contributed by atoms with E-state index in [-0.39, 0.29) is 17.3 Å². The van der Waals surface area contributed by atoms with E-state index in [2.05, 4.69) is 15.6 Å². The number of rotatable bonds is 3. The minimum atomic E-state index is -0.694. The van der Waals surface area contributed by atoms with Crippen molar-refractivity contribution >= 4 is 17.6 Å². The molecule has 0 aromatic carbocycles. The van der Waals surface area contributed by atoms with Crippen LogP contribution in [0.3, 0.4) is 0 Å². The molecule has 20 heavy (non-hydrogen) atoms. The van der Waals surface area contributed by atoms with E-state index >= 15 is 0 Å². The van der Waals surface area contributed by atoms with E-state index < -0.39 is 17.8 Å². The number of nitrogens with zero attached hydrogens (tertiary/aromatic N) is 2. The summed E-state index contributed by atoms with van der Waals surface area (Å²) in [5.74, 6) is -1.36. The zero-order valence-electron chi connectivity index (χ0n) is 11.4. The predicted molar refractivity (Wildman–Crippen MR) is 71.9 cm³/mol. The number of hydrogen-bond acceptors (Lipinski definition) is 4. The summed E-state index contributed by atoms with van der Waals surface area (Å²) in [6.07, 6.45) is 1.86. The number of piperazine rings is 1. The molecule has 1 aliphatic heterocycles. The Morgan fingerprint density at radius 3 is 3.05 bits per heavy atom. The molecule has 6 nitrogen and oxygen atoms in total. The Kier molecular flexibility index (Phi) is 4.16. The van der Waals surface area contributed by atoms with Crippen molar-refractivity contribution in [1.29, 1.82) is 0 Å². The minimum absolute atomic E-state index is 0.0189. The molecule has 0 radical (unpaired) electrons. The van der Waals surface area contributed by atoms with E-state index in [9.17, 15) is 14.0 Å². The van der Waals surface area contributed by atoms with E-state index in [0.717, 1.165) is 0 Å². The number of nitrogens with one attached hydrogen (secondary N) is 2. The topological polar surface area (TPSA) is 74.3 Å². The first-order valence-corrected chi connectivity index (χ1v) is 6.51. The summed E-state index contributed by atoms with van der Waals surface area (Å²) < 4.78 is 14.1. The van der Waals surface area contributed by atoms with Crippen molar-refractivity contribution in [2.45, 2.75) is 19.4 Å². The molecular formula is C13H17FN4O2. The number of hydrogen-bond donors (Lipinski definition) is 2. The average Bonchev–Trinajstić information content (AvgIpc) is 2.46. The summed E-state index contributed by atoms with van der Waals surface area (Å²) in [5, 5.41) is 5.30. The third kappa shape index (κ3) is 2.43. The Morgan fingerprint density at radius 2 is 2.40 bits per heavy atom. The highest BCUT2D eigenvalue weighted by Crippen LogP contribution is 2.19. The fourth-order valence-electron chi connectivity index (χ4n) is 2.30. The van der Waals surface area contributed by atoms with Gasteiger partial charge in [-0.15, -0.1) is 0 Å². The molecule has 1 aliphatic rings. The smallest absolute Gasteiger partial charge is 0.257 e. The van der Waals surface area contributed by atoms with Crippen LogP contribution in [0, 0.1) is 5.82 Å². The van der Waals surface area contributed by atoms with Crippen LogP contribution in [0.1, 0.15) is 23.7 Å². The molecule has 0 saturated carbocycles. The van der Waals surface area contributed by atoms with Crippen molar-refractivity contribution in [3.63, 3.8) is 0 Å². The second-order valence-corrected chi connectivity index (χ2v) is 4.48. The summed E-state index contributed by atoms with van der Waals surface area (Å²) in [4.78, 5) is 29.4. The SMILES string of the molecule is CCC1C(=O)NCCN1C(=O)c1ccnc(NC)c1F. The molecule has 1 unspecified atom stereocenters. The van der Waals surface area contributed by atoms with Gasteiger partial charge in [-0.2, -0.15) is 0 Å². The number of aromatic nitrogens is 1. The van der Waals surface area contributed by atoms with Gasteiger partial charge in [0.1, 0.15) is 6.04 Å². The van der Waals surface area contributed by atoms with Gasteiger partial charge in [0.15, 0.2) is 11.6 Å². The van der Waals surface area contributed by atoms with Crippen LogP contribution in [0.4, 0.5) is 10.2 Å². The first-order chi connectivity index (χ1) is 9.60. The molecule has 1 fully saturated rings. The quantitative estimate of drug-likeness (QED) is 0.851. The lowest BCUT2D eigenvalue weighted by atomic mass is 10.1. The second-order valence-electron chi connectivity index (χ2n) is 4.48. The molecule has 1 aromatic rings. The van der Waals surface area contributed by atoms with Crippen LogP contribution in [0.2, 0.25) is 0 Å². The number of carbonyl (C=O) groups is 2. The number of pyridine rings is 1. The van der Waals surface area contributed by atoms with Crippen LogP contribution in [-0.2, 0) is 4.79 Å². The fourth-order valence-corrected chi connectivity index (χ4v) is 2.30. The Hall–Kier alpha value is -2.18. The summed E-state index contributed by atoms with van der Waals surface area (Å²) in [6, 6.07) is 0.777. The highest BCUT2D eigenvalue weighted by molar-refractivity contribution is 5.98. The normalized spacial score (nSPS) is 18.6. The Bertz CT molecular complexity index is 535. The number of amides is 2. The zero-order chi connectivity index (χ0) is 14.7. The summed E-state index contributed by atoms with van der Waals surface area (Å²) in [7, 11) is 1.53. The van der Waals surface area contributed by atoms with Gasteiger partial charge in [0.25, 0.3) is 5.91 Å². The largest absolute Gasteiger partial charge is 0.371 e. The van der Waals surface area contributed by atoms with Gasteiger partial charge in [-0.05, 0) is 12.5 Å². The van der Waals surface area contributed by atoms with Gasteiger partial charge in [0, 0.05) is 26.3 Å². The summed E-state index contributed by atoms with van der Waals surface area (Å²) >= 11 is 0. The number of anilines is 1. The zero-order valence-corrected chi connectivity index (χ0v) is 11.4. The lowest BCUT2D eigenvalue weighted by Crippen LogP contribution is -2.57. The van der Waals surface area contributed by atoms with Crippen LogP contribution in [0.5, 0.6) is 0 Å². The number of halogens is 1. The van der Waals surface area contributed by atoms with Crippen molar-refractivity contribution < 1.29 is 14.0 Å². The molecule has 2 N–H and O–H groups in total. The average molecular weight is 280 g/mol. The predicted octanol–water partition coefficient (Wildman–Crippen LogP) is 0.613. The van der Waals surface area contributed by atoms with E-state index in [1.54, 1.807) is 0 Å². The minimum Gasteiger partial charge on any atom is -0.371 e. The van der Waals surface area contributed by atoms with Crippen molar-refractivity contribution in [2.24, 2.45) is 0 Å². The van der Waals surface area contributed by atoms with E-state index in [4.69, 9.17) is 0 Å². The monoisotopic (exact) mass is 280 g/mol. The molecule has 2 amide bonds. The van der Waals surface area contributed by atoms with Crippen molar-refractivity contribution in [3.05, 3.63) is 23.6 Å². The van der Waals surface area contributed by atoms with Crippen LogP contribution < -0.4 is 10.6 Å². The molecule has 0 aliphatic carbocycles. The molecule has 108 valence electrons. The highest BCUT2D eigenvalue weighted by Gasteiger charge is 2.33. The molecule has 2 heterocycles. The highest BCUT2D eigenvalue weighted by atomic mass is 19.1. The van der Waals surface area contributed by atoms with Crippen LogP contribution in [-0.4, -0.2) is 47.9 Å². The molecule has 0 bridgehead atoms. The van der Waals surface area contributed by atoms with Gasteiger partial charge in [-0.1, -0.05) is 6.92 Å². The van der Waals surface area contributed by atoms with E-state index in [1.807, 2.05) is 6.92 Å². The van der Waals surface area contributed by atoms with Crippen LogP contribution >= 0.6 is 0 Å². The molecule has 1 atom stereocenters. The molecule has 0 spiro atoms. The molecule has 1 saturated heterocycles. The number of carbonyl (C=O) groups excluding carboxylic acids is 2. The lowest BCUT2D eigenvalue weighted by Gasteiger charge is -2.34. The summed E-state index contributed by atoms with van der Waals surface area (Å²) in [6.45, 7) is 2.57. The van der Waals surface area contributed by atoms with Crippen molar-refractivity contribution in [1.82, 2.24) is 15.2 Å². The van der Waals surface area contributed by atoms with Gasteiger partial charge in [0.2, 0.25) is 5.91 Å². The molecule has 1 aromatic heterocycles. The Morgan fingerprint density at radius 1 is 1.65 bits per heavy atom. The van der Waals surface area contributed by atoms with E-state index in [1.165, 1.54) is 24.2 Å². The Balaban J connectivity index is 2.33. The molecular weight excluding hydrogens is 263 g/mol. The van der Waals surface area contributed by atoms with Gasteiger partial charge < -0.3 is 15.5 Å². The maximum atomic E-state index is 14.1. The van der Waals surface area contributed by atoms with Crippen LogP contribution in [0.15, 0.2) is 12.3 Å². The first kappa shape index (κ1) is 14.2. The van der Waals surface area contributed by atoms with Crippen molar-refractivity contribution in [3.8, 4) is 0 Å². The second kappa shape index (κ2) is 5.85. The summed E-state index contributed by atoms with van der Waals surface area (Å²) in [5.41, 5.74) is -0.0718. The maximum absolute atomic E-state index is 14.1. The molecule has 7 heteroatoms. The maximum Gasteiger partial charge on any atom is 0.257 e. The van der Waals surface area contributed by atoms with Gasteiger partial charge >= 0.3 is 0 Å². The fraction of sp³-hybridized carbons (Fsp3) is 0.462. The van der Waals surface area contributed by atoms with Gasteiger partial charge in [0.05, 0.1) is 5.56 Å². The molecule has 2 rings (SSSR count). The van der Waals surface area contributed by atoms with Gasteiger partial charge in [-0.25, -0.2) is 9.37 Å². The first-order valence-electron chi connectivity index (χ1n) is 6.51. The third-order valence-electron chi connectivity index (χ3n) is 3.33. The van der Waals surface area contributed by atoms with E-state index in [0.29, 0.717) is 19.5 Å². The Labute approximate surface area is 116 Å². The van der Waals surface area contributed by atoms with Crippen molar-refractivity contribution in [2.75, 3.05) is 25.5 Å². The third-order valence-corrected chi connectivity index (χ3v) is 3.33. The van der Waals surface area contributed by atoms with Crippen LogP contribution in [0.25, 0.3) is 0 Å². The standard InChI is InChI=1S/C13H17FN4O2/c1-3-9-12(19)17-6-7-18(9)13(20)8-4-5-16-11(15-2)10(8)14/h4-5,9H,3,6-7H2,1-2H3,(H,15,16)(H,17,19). The lowest BCUT2D eigenvalue weighted by molar-refractivity contribution is -0.127. The van der Waals surface area contributed by atoms with Gasteiger partial charge in [-0.3, -0.25) is 9.59 Å².